The number of hydrogen-bond acceptors (Lipinski definition) is 2. The zero-order chi connectivity index (χ0) is 14.3. The summed E-state index contributed by atoms with van der Waals surface area (Å²) in [5, 5.41) is 3.28. The number of alkyl halides is 3. The van der Waals surface area contributed by atoms with Gasteiger partial charge in [0, 0.05) is 24.1 Å². The lowest BCUT2D eigenvalue weighted by Crippen LogP contribution is -2.21. The van der Waals surface area contributed by atoms with Gasteiger partial charge in [-0.2, -0.15) is 24.9 Å². The topological polar surface area (TPSA) is 12.0 Å². The van der Waals surface area contributed by atoms with E-state index in [0.717, 1.165) is 35.7 Å². The van der Waals surface area contributed by atoms with E-state index in [9.17, 15) is 13.2 Å². The second kappa shape index (κ2) is 7.60. The molecule has 0 fully saturated rings. The first-order valence-corrected chi connectivity index (χ1v) is 7.20. The molecule has 0 radical (unpaired) electrons. The van der Waals surface area contributed by atoms with Crippen molar-refractivity contribution in [1.82, 2.24) is 5.32 Å². The van der Waals surface area contributed by atoms with Crippen molar-refractivity contribution in [2.24, 2.45) is 0 Å². The number of halogens is 3. The van der Waals surface area contributed by atoms with E-state index in [1.807, 2.05) is 13.0 Å². The van der Waals surface area contributed by atoms with Crippen LogP contribution in [0.4, 0.5) is 13.2 Å². The molecule has 0 heterocycles. The van der Waals surface area contributed by atoms with Crippen molar-refractivity contribution < 1.29 is 13.2 Å². The molecule has 0 aliphatic carbocycles. The van der Waals surface area contributed by atoms with Gasteiger partial charge in [0.2, 0.25) is 0 Å². The summed E-state index contributed by atoms with van der Waals surface area (Å²) in [7, 11) is 0. The minimum atomic E-state index is -4.27. The first-order valence-electron chi connectivity index (χ1n) is 6.04. The Balaban J connectivity index is 2.44. The second-order valence-electron chi connectivity index (χ2n) is 4.16. The third kappa shape index (κ3) is 5.70. The van der Waals surface area contributed by atoms with Crippen molar-refractivity contribution in [1.29, 1.82) is 0 Å². The van der Waals surface area contributed by atoms with Crippen LogP contribution in [0.15, 0.2) is 36.9 Å². The van der Waals surface area contributed by atoms with Gasteiger partial charge in [0.25, 0.3) is 0 Å². The Morgan fingerprint density at radius 3 is 2.47 bits per heavy atom. The van der Waals surface area contributed by atoms with Gasteiger partial charge in [-0.05, 0) is 24.6 Å². The Labute approximate surface area is 116 Å². The third-order valence-electron chi connectivity index (χ3n) is 2.67. The highest BCUT2D eigenvalue weighted by Gasteiger charge is 2.30. The number of rotatable bonds is 7. The van der Waals surface area contributed by atoms with E-state index >= 15 is 0 Å². The molecule has 0 aliphatic rings. The van der Waals surface area contributed by atoms with Crippen LogP contribution in [0.3, 0.4) is 0 Å². The maximum absolute atomic E-state index is 12.4. The van der Waals surface area contributed by atoms with Crippen LogP contribution in [0.5, 0.6) is 0 Å². The van der Waals surface area contributed by atoms with Crippen molar-refractivity contribution in [3.63, 3.8) is 0 Å². The minimum absolute atomic E-state index is 0.0478. The van der Waals surface area contributed by atoms with Crippen molar-refractivity contribution in [2.75, 3.05) is 18.1 Å². The molecule has 1 nitrogen and oxygen atoms in total. The predicted molar refractivity (Wildman–Crippen MR) is 75.4 cm³/mol. The number of hydrogen-bond donors (Lipinski definition) is 1. The molecule has 0 aliphatic heterocycles. The maximum Gasteiger partial charge on any atom is 0.416 e. The van der Waals surface area contributed by atoms with E-state index in [-0.39, 0.29) is 6.04 Å². The van der Waals surface area contributed by atoms with Gasteiger partial charge in [0.15, 0.2) is 0 Å². The number of thioether (sulfide) groups is 1. The van der Waals surface area contributed by atoms with Gasteiger partial charge in [-0.15, -0.1) is 6.58 Å². The fraction of sp³-hybridized carbons (Fsp3) is 0.429. The molecule has 1 aromatic rings. The fourth-order valence-electron chi connectivity index (χ4n) is 1.59. The average molecular weight is 289 g/mol. The first-order chi connectivity index (χ1) is 8.95. The summed E-state index contributed by atoms with van der Waals surface area (Å²) in [4.78, 5) is 0. The van der Waals surface area contributed by atoms with Crippen molar-refractivity contribution in [3.8, 4) is 0 Å². The molecule has 5 heteroatoms. The Morgan fingerprint density at radius 1 is 1.32 bits per heavy atom. The molecule has 0 aromatic heterocycles. The van der Waals surface area contributed by atoms with Crippen LogP contribution in [-0.2, 0) is 6.18 Å². The average Bonchev–Trinajstić information content (AvgIpc) is 2.37. The predicted octanol–water partition coefficient (Wildman–Crippen LogP) is 4.28. The molecule has 1 rings (SSSR count). The summed E-state index contributed by atoms with van der Waals surface area (Å²) in [5.41, 5.74) is 0.256. The molecule has 0 spiro atoms. The smallest absolute Gasteiger partial charge is 0.309 e. The molecule has 106 valence electrons. The molecule has 1 unspecified atom stereocenters. The van der Waals surface area contributed by atoms with Gasteiger partial charge in [0.05, 0.1) is 5.56 Å². The lowest BCUT2D eigenvalue weighted by atomic mass is 10.1. The summed E-state index contributed by atoms with van der Waals surface area (Å²) in [6.07, 6.45) is -2.42. The highest BCUT2D eigenvalue weighted by atomic mass is 32.2. The van der Waals surface area contributed by atoms with E-state index < -0.39 is 11.7 Å². The molecule has 0 saturated carbocycles. The van der Waals surface area contributed by atoms with Gasteiger partial charge in [0.1, 0.15) is 0 Å². The van der Waals surface area contributed by atoms with Crippen LogP contribution in [-0.4, -0.2) is 18.1 Å². The Kier molecular flexibility index (Phi) is 6.45. The summed E-state index contributed by atoms with van der Waals surface area (Å²) < 4.78 is 37.2. The fourth-order valence-corrected chi connectivity index (χ4v) is 2.19. The van der Waals surface area contributed by atoms with Crippen molar-refractivity contribution in [3.05, 3.63) is 48.0 Å². The normalized spacial score (nSPS) is 13.3. The van der Waals surface area contributed by atoms with Gasteiger partial charge in [-0.25, -0.2) is 0 Å². The van der Waals surface area contributed by atoms with Gasteiger partial charge in [-0.3, -0.25) is 0 Å². The molecular weight excluding hydrogens is 271 g/mol. The molecule has 0 amide bonds. The Hall–Kier alpha value is -0.940. The zero-order valence-electron chi connectivity index (χ0n) is 10.8. The van der Waals surface area contributed by atoms with Crippen molar-refractivity contribution >= 4 is 11.8 Å². The summed E-state index contributed by atoms with van der Waals surface area (Å²) in [6, 6.07) is 5.35. The molecule has 1 atom stereocenters. The number of nitrogens with one attached hydrogen (secondary N) is 1. The minimum Gasteiger partial charge on any atom is -0.309 e. The van der Waals surface area contributed by atoms with Gasteiger partial charge >= 0.3 is 6.18 Å². The molecule has 0 saturated heterocycles. The zero-order valence-corrected chi connectivity index (χ0v) is 11.7. The second-order valence-corrected chi connectivity index (χ2v) is 5.31. The lowest BCUT2D eigenvalue weighted by Gasteiger charge is -2.15. The molecule has 0 bridgehead atoms. The van der Waals surface area contributed by atoms with Crippen LogP contribution in [0, 0.1) is 0 Å². The third-order valence-corrected chi connectivity index (χ3v) is 3.63. The van der Waals surface area contributed by atoms with Crippen LogP contribution in [0.1, 0.15) is 24.1 Å². The standard InChI is InChI=1S/C14H18F3NS/c1-3-9-19-10-8-18-11(2)12-4-6-13(7-5-12)14(15,16)17/h3-7,11,18H,1,8-10H2,2H3. The summed E-state index contributed by atoms with van der Waals surface area (Å²) >= 11 is 1.77. The lowest BCUT2D eigenvalue weighted by molar-refractivity contribution is -0.137. The summed E-state index contributed by atoms with van der Waals surface area (Å²) in [6.45, 7) is 6.40. The first kappa shape index (κ1) is 16.1. The van der Waals surface area contributed by atoms with E-state index in [2.05, 4.69) is 11.9 Å². The van der Waals surface area contributed by atoms with E-state index in [0.29, 0.717) is 0 Å². The van der Waals surface area contributed by atoms with E-state index in [1.165, 1.54) is 12.1 Å². The van der Waals surface area contributed by atoms with Crippen LogP contribution >= 0.6 is 11.8 Å². The molecule has 1 N–H and O–H groups in total. The SMILES string of the molecule is C=CCSCCNC(C)c1ccc(C(F)(F)F)cc1. The van der Waals surface area contributed by atoms with Crippen LogP contribution in [0.25, 0.3) is 0 Å². The Morgan fingerprint density at radius 2 is 1.95 bits per heavy atom. The van der Waals surface area contributed by atoms with Crippen molar-refractivity contribution in [2.45, 2.75) is 19.1 Å². The van der Waals surface area contributed by atoms with Crippen LogP contribution < -0.4 is 5.32 Å². The monoisotopic (exact) mass is 289 g/mol. The largest absolute Gasteiger partial charge is 0.416 e. The maximum atomic E-state index is 12.4. The van der Waals surface area contributed by atoms with Gasteiger partial charge < -0.3 is 5.32 Å². The Bertz CT molecular complexity index is 387. The number of benzene rings is 1. The molecular formula is C14H18F3NS. The van der Waals surface area contributed by atoms with E-state index in [1.54, 1.807) is 11.8 Å². The highest BCUT2D eigenvalue weighted by molar-refractivity contribution is 7.99. The summed E-state index contributed by atoms with van der Waals surface area (Å²) in [5.74, 6) is 1.87. The van der Waals surface area contributed by atoms with E-state index in [4.69, 9.17) is 0 Å². The quantitative estimate of drug-likeness (QED) is 0.594. The van der Waals surface area contributed by atoms with Gasteiger partial charge in [-0.1, -0.05) is 18.2 Å². The van der Waals surface area contributed by atoms with Crippen LogP contribution in [0.2, 0.25) is 0 Å². The molecule has 19 heavy (non-hydrogen) atoms. The molecule has 1 aromatic carbocycles. The highest BCUT2D eigenvalue weighted by Crippen LogP contribution is 2.29.